The molecule has 0 spiro atoms. The van der Waals surface area contributed by atoms with Crippen LogP contribution < -0.4 is 5.32 Å². The van der Waals surface area contributed by atoms with E-state index >= 15 is 0 Å². The summed E-state index contributed by atoms with van der Waals surface area (Å²) >= 11 is 0. The highest BCUT2D eigenvalue weighted by molar-refractivity contribution is 5.95. The fourth-order valence-corrected chi connectivity index (χ4v) is 2.22. The highest BCUT2D eigenvalue weighted by Crippen LogP contribution is 2.23. The number of amides is 2. The second-order valence-corrected chi connectivity index (χ2v) is 6.08. The zero-order valence-electron chi connectivity index (χ0n) is 13.6. The summed E-state index contributed by atoms with van der Waals surface area (Å²) in [5, 5.41) is 2.92. The van der Waals surface area contributed by atoms with Crippen LogP contribution >= 0.6 is 0 Å². The van der Waals surface area contributed by atoms with Crippen molar-refractivity contribution in [1.82, 2.24) is 4.90 Å². The molecular weight excluding hydrogens is 264 g/mol. The van der Waals surface area contributed by atoms with E-state index in [4.69, 9.17) is 0 Å². The third kappa shape index (κ3) is 5.58. The van der Waals surface area contributed by atoms with E-state index in [1.807, 2.05) is 38.1 Å². The van der Waals surface area contributed by atoms with Gasteiger partial charge in [0, 0.05) is 19.2 Å². The minimum atomic E-state index is -0.154. The molecule has 1 aromatic carbocycles. The lowest BCUT2D eigenvalue weighted by Gasteiger charge is -2.23. The number of hydrogen-bond donors (Lipinski definition) is 1. The Morgan fingerprint density at radius 3 is 2.29 bits per heavy atom. The zero-order valence-corrected chi connectivity index (χ0v) is 13.6. The minimum absolute atomic E-state index is 0.0732. The van der Waals surface area contributed by atoms with E-state index in [2.05, 4.69) is 19.2 Å². The van der Waals surface area contributed by atoms with E-state index in [9.17, 15) is 9.59 Å². The second-order valence-electron chi connectivity index (χ2n) is 6.08. The molecule has 21 heavy (non-hydrogen) atoms. The van der Waals surface area contributed by atoms with Crippen molar-refractivity contribution in [3.8, 4) is 0 Å². The fourth-order valence-electron chi connectivity index (χ4n) is 2.22. The topological polar surface area (TPSA) is 49.4 Å². The van der Waals surface area contributed by atoms with Gasteiger partial charge in [0.2, 0.25) is 11.8 Å². The summed E-state index contributed by atoms with van der Waals surface area (Å²) in [6, 6.07) is 7.77. The molecule has 1 N–H and O–H groups in total. The maximum absolute atomic E-state index is 12.2. The molecule has 2 amide bonds. The molecule has 0 aliphatic heterocycles. The first kappa shape index (κ1) is 17.2. The van der Waals surface area contributed by atoms with E-state index in [0.29, 0.717) is 18.4 Å². The predicted molar refractivity (Wildman–Crippen MR) is 86.3 cm³/mol. The second kappa shape index (κ2) is 7.81. The van der Waals surface area contributed by atoms with Gasteiger partial charge >= 0.3 is 0 Å². The van der Waals surface area contributed by atoms with Crippen molar-refractivity contribution in [3.63, 3.8) is 0 Å². The Hall–Kier alpha value is -1.84. The summed E-state index contributed by atoms with van der Waals surface area (Å²) < 4.78 is 0. The highest BCUT2D eigenvalue weighted by Gasteiger charge is 2.16. The molecule has 1 rings (SSSR count). The van der Waals surface area contributed by atoms with E-state index in [1.54, 1.807) is 4.90 Å². The van der Waals surface area contributed by atoms with Gasteiger partial charge < -0.3 is 10.2 Å². The molecule has 4 heteroatoms. The lowest BCUT2D eigenvalue weighted by Crippen LogP contribution is -2.39. The van der Waals surface area contributed by atoms with E-state index in [0.717, 1.165) is 11.3 Å². The SMILES string of the molecule is CC(=O)N(CC(=O)Nc1ccccc1C(C)C)CC(C)C. The number of benzene rings is 1. The number of nitrogens with one attached hydrogen (secondary N) is 1. The largest absolute Gasteiger partial charge is 0.333 e. The summed E-state index contributed by atoms with van der Waals surface area (Å²) in [6.07, 6.45) is 0. The molecule has 0 bridgehead atoms. The standard InChI is InChI=1S/C17H26N2O2/c1-12(2)10-19(14(5)20)11-17(21)18-16-9-7-6-8-15(16)13(3)4/h6-9,12-13H,10-11H2,1-5H3,(H,18,21). The van der Waals surface area contributed by atoms with Gasteiger partial charge in [-0.05, 0) is 23.5 Å². The Morgan fingerprint density at radius 1 is 1.14 bits per heavy atom. The molecule has 0 aromatic heterocycles. The molecule has 0 unspecified atom stereocenters. The van der Waals surface area contributed by atoms with Gasteiger partial charge in [0.1, 0.15) is 0 Å². The Kier molecular flexibility index (Phi) is 6.40. The van der Waals surface area contributed by atoms with Crippen LogP contribution in [0.2, 0.25) is 0 Å². The first-order chi connectivity index (χ1) is 9.81. The van der Waals surface area contributed by atoms with Crippen molar-refractivity contribution in [2.75, 3.05) is 18.4 Å². The van der Waals surface area contributed by atoms with Crippen LogP contribution in [0.25, 0.3) is 0 Å². The Bertz CT molecular complexity index is 495. The van der Waals surface area contributed by atoms with Crippen molar-refractivity contribution in [1.29, 1.82) is 0 Å². The lowest BCUT2D eigenvalue weighted by atomic mass is 10.0. The number of hydrogen-bond acceptors (Lipinski definition) is 2. The van der Waals surface area contributed by atoms with Gasteiger partial charge in [-0.3, -0.25) is 9.59 Å². The van der Waals surface area contributed by atoms with E-state index in [1.165, 1.54) is 6.92 Å². The molecule has 4 nitrogen and oxygen atoms in total. The van der Waals surface area contributed by atoms with Crippen LogP contribution in [-0.2, 0) is 9.59 Å². The van der Waals surface area contributed by atoms with Gasteiger partial charge in [-0.25, -0.2) is 0 Å². The quantitative estimate of drug-likeness (QED) is 0.874. The molecule has 0 radical (unpaired) electrons. The van der Waals surface area contributed by atoms with Crippen LogP contribution in [0.5, 0.6) is 0 Å². The van der Waals surface area contributed by atoms with Crippen LogP contribution in [0, 0.1) is 5.92 Å². The summed E-state index contributed by atoms with van der Waals surface area (Å²) in [5.74, 6) is 0.445. The van der Waals surface area contributed by atoms with Crippen LogP contribution in [-0.4, -0.2) is 29.8 Å². The van der Waals surface area contributed by atoms with Gasteiger partial charge in [-0.2, -0.15) is 0 Å². The maximum atomic E-state index is 12.2. The number of anilines is 1. The average Bonchev–Trinajstić information content (AvgIpc) is 2.37. The molecule has 0 atom stereocenters. The van der Waals surface area contributed by atoms with Gasteiger partial charge in [0.05, 0.1) is 6.54 Å². The average molecular weight is 290 g/mol. The van der Waals surface area contributed by atoms with E-state index in [-0.39, 0.29) is 18.4 Å². The van der Waals surface area contributed by atoms with Crippen LogP contribution in [0.15, 0.2) is 24.3 Å². The van der Waals surface area contributed by atoms with Gasteiger partial charge in [-0.1, -0.05) is 45.9 Å². The lowest BCUT2D eigenvalue weighted by molar-refractivity contribution is -0.133. The molecule has 0 saturated carbocycles. The van der Waals surface area contributed by atoms with Gasteiger partial charge in [-0.15, -0.1) is 0 Å². The van der Waals surface area contributed by atoms with E-state index < -0.39 is 0 Å². The van der Waals surface area contributed by atoms with Crippen molar-refractivity contribution in [2.45, 2.75) is 40.5 Å². The molecular formula is C17H26N2O2. The summed E-state index contributed by atoms with van der Waals surface area (Å²) in [4.78, 5) is 25.3. The molecule has 116 valence electrons. The predicted octanol–water partition coefficient (Wildman–Crippen LogP) is 3.25. The van der Waals surface area contributed by atoms with Crippen molar-refractivity contribution in [2.24, 2.45) is 5.92 Å². The molecule has 0 aliphatic rings. The smallest absolute Gasteiger partial charge is 0.244 e. The van der Waals surface area contributed by atoms with Crippen molar-refractivity contribution >= 4 is 17.5 Å². The molecule has 1 aromatic rings. The molecule has 0 fully saturated rings. The van der Waals surface area contributed by atoms with Crippen LogP contribution in [0.3, 0.4) is 0 Å². The Balaban J connectivity index is 2.75. The van der Waals surface area contributed by atoms with Crippen LogP contribution in [0.4, 0.5) is 5.69 Å². The monoisotopic (exact) mass is 290 g/mol. The van der Waals surface area contributed by atoms with Gasteiger partial charge in [0.25, 0.3) is 0 Å². The summed E-state index contributed by atoms with van der Waals surface area (Å²) in [5.41, 5.74) is 1.93. The summed E-state index contributed by atoms with van der Waals surface area (Å²) in [7, 11) is 0. The Morgan fingerprint density at radius 2 is 1.76 bits per heavy atom. The normalized spacial score (nSPS) is 10.8. The van der Waals surface area contributed by atoms with Crippen molar-refractivity contribution < 1.29 is 9.59 Å². The maximum Gasteiger partial charge on any atom is 0.244 e. The molecule has 0 aliphatic carbocycles. The number of nitrogens with zero attached hydrogens (tertiary/aromatic N) is 1. The number of carbonyl (C=O) groups excluding carboxylic acids is 2. The summed E-state index contributed by atoms with van der Waals surface area (Å²) in [6.45, 7) is 10.4. The zero-order chi connectivity index (χ0) is 16.0. The minimum Gasteiger partial charge on any atom is -0.333 e. The first-order valence-electron chi connectivity index (χ1n) is 7.45. The fraction of sp³-hybridized carbons (Fsp3) is 0.529. The highest BCUT2D eigenvalue weighted by atomic mass is 16.2. The first-order valence-corrected chi connectivity index (χ1v) is 7.45. The van der Waals surface area contributed by atoms with Gasteiger partial charge in [0.15, 0.2) is 0 Å². The molecule has 0 heterocycles. The Labute approximate surface area is 127 Å². The number of rotatable bonds is 6. The van der Waals surface area contributed by atoms with Crippen molar-refractivity contribution in [3.05, 3.63) is 29.8 Å². The number of carbonyl (C=O) groups is 2. The number of para-hydroxylation sites is 1. The third-order valence-corrected chi connectivity index (χ3v) is 3.22. The van der Waals surface area contributed by atoms with Crippen LogP contribution in [0.1, 0.15) is 46.1 Å². The molecule has 0 saturated heterocycles. The third-order valence-electron chi connectivity index (χ3n) is 3.22.